The quantitative estimate of drug-likeness (QED) is 0.216. The topological polar surface area (TPSA) is 163 Å². The Bertz CT molecular complexity index is 602. The number of carbonyl (C=O) groups excluding carboxylic acids is 4. The van der Waals surface area contributed by atoms with Crippen LogP contribution in [0.1, 0.15) is 20.8 Å². The van der Waals surface area contributed by atoms with E-state index < -0.39 is 54.5 Å². The molecule has 12 heteroatoms. The molecule has 0 aliphatic carbocycles. The summed E-state index contributed by atoms with van der Waals surface area (Å²) < 4.78 is 24.9. The summed E-state index contributed by atoms with van der Waals surface area (Å²) in [5.41, 5.74) is 8.66. The van der Waals surface area contributed by atoms with Gasteiger partial charge in [0.15, 0.2) is 30.6 Å². The highest BCUT2D eigenvalue weighted by atomic mass is 16.7. The van der Waals surface area contributed by atoms with Crippen molar-refractivity contribution in [3.63, 3.8) is 0 Å². The molecule has 0 N–H and O–H groups in total. The Morgan fingerprint density at radius 3 is 1.84 bits per heavy atom. The number of azide groups is 1. The first kappa shape index (κ1) is 20.2. The van der Waals surface area contributed by atoms with Crippen molar-refractivity contribution in [2.45, 2.75) is 51.4 Å². The molecule has 1 heterocycles. The van der Waals surface area contributed by atoms with Crippen LogP contribution in [0, 0.1) is 0 Å². The fourth-order valence-corrected chi connectivity index (χ4v) is 2.24. The molecule has 1 aliphatic rings. The zero-order chi connectivity index (χ0) is 19.1. The molecule has 0 radical (unpaired) electrons. The van der Waals surface area contributed by atoms with Crippen molar-refractivity contribution in [2.24, 2.45) is 5.11 Å². The molecule has 2 unspecified atom stereocenters. The van der Waals surface area contributed by atoms with Gasteiger partial charge in [0.05, 0.1) is 7.11 Å². The third-order valence-corrected chi connectivity index (χ3v) is 3.02. The van der Waals surface area contributed by atoms with Gasteiger partial charge >= 0.3 is 23.9 Å². The van der Waals surface area contributed by atoms with Crippen LogP contribution in [0.5, 0.6) is 0 Å². The molecule has 1 fully saturated rings. The number of carbonyl (C=O) groups is 4. The molecule has 1 saturated heterocycles. The third-order valence-electron chi connectivity index (χ3n) is 3.02. The Balaban J connectivity index is 3.38. The Labute approximate surface area is 141 Å². The van der Waals surface area contributed by atoms with Crippen molar-refractivity contribution in [3.05, 3.63) is 10.4 Å². The van der Waals surface area contributed by atoms with Crippen molar-refractivity contribution in [1.82, 2.24) is 0 Å². The Kier molecular flexibility index (Phi) is 7.15. The lowest BCUT2D eigenvalue weighted by atomic mass is 9.97. The number of hydrogen-bond acceptors (Lipinski definition) is 10. The minimum atomic E-state index is -1.57. The minimum Gasteiger partial charge on any atom is -0.467 e. The van der Waals surface area contributed by atoms with Crippen LogP contribution < -0.4 is 0 Å². The summed E-state index contributed by atoms with van der Waals surface area (Å²) in [6, 6.07) is 0. The summed E-state index contributed by atoms with van der Waals surface area (Å²) >= 11 is 0. The average Bonchev–Trinajstić information content (AvgIpc) is 2.50. The fraction of sp³-hybridized carbons (Fsp3) is 0.692. The highest BCUT2D eigenvalue weighted by Gasteiger charge is 2.54. The summed E-state index contributed by atoms with van der Waals surface area (Å²) in [6.45, 7) is 3.17. The zero-order valence-corrected chi connectivity index (χ0v) is 13.9. The van der Waals surface area contributed by atoms with E-state index in [0.29, 0.717) is 0 Å². The van der Waals surface area contributed by atoms with Crippen LogP contribution in [0.4, 0.5) is 0 Å². The van der Waals surface area contributed by atoms with Crippen LogP contribution in [0.3, 0.4) is 0 Å². The van der Waals surface area contributed by atoms with E-state index >= 15 is 0 Å². The van der Waals surface area contributed by atoms with E-state index in [0.717, 1.165) is 27.9 Å². The predicted octanol–water partition coefficient (Wildman–Crippen LogP) is -0.0103. The maximum atomic E-state index is 11.9. The molecular formula is C13H17N3O9. The maximum absolute atomic E-state index is 11.9. The van der Waals surface area contributed by atoms with Crippen molar-refractivity contribution in [3.8, 4) is 0 Å². The first-order valence-corrected chi connectivity index (χ1v) is 7.00. The highest BCUT2D eigenvalue weighted by Crippen LogP contribution is 2.30. The fourth-order valence-electron chi connectivity index (χ4n) is 2.24. The van der Waals surface area contributed by atoms with Crippen LogP contribution in [0.15, 0.2) is 5.11 Å². The molecule has 1 aliphatic heterocycles. The third kappa shape index (κ3) is 5.33. The predicted molar refractivity (Wildman–Crippen MR) is 76.5 cm³/mol. The number of esters is 4. The zero-order valence-electron chi connectivity index (χ0n) is 13.9. The van der Waals surface area contributed by atoms with Gasteiger partial charge in [-0.15, -0.1) is 0 Å². The average molecular weight is 359 g/mol. The Hall–Kier alpha value is -2.85. The van der Waals surface area contributed by atoms with E-state index in [2.05, 4.69) is 14.8 Å². The molecule has 0 aromatic carbocycles. The number of ether oxygens (including phenoxy) is 5. The van der Waals surface area contributed by atoms with Gasteiger partial charge in [-0.2, -0.15) is 0 Å². The van der Waals surface area contributed by atoms with Gasteiger partial charge in [-0.3, -0.25) is 14.4 Å². The molecule has 0 aromatic rings. The van der Waals surface area contributed by atoms with Gasteiger partial charge in [0.25, 0.3) is 0 Å². The molecule has 1 rings (SSSR count). The molecular weight excluding hydrogens is 342 g/mol. The molecule has 0 bridgehead atoms. The molecule has 12 nitrogen and oxygen atoms in total. The van der Waals surface area contributed by atoms with Crippen molar-refractivity contribution in [2.75, 3.05) is 7.11 Å². The van der Waals surface area contributed by atoms with E-state index in [1.807, 2.05) is 0 Å². The van der Waals surface area contributed by atoms with E-state index in [4.69, 9.17) is 24.5 Å². The summed E-state index contributed by atoms with van der Waals surface area (Å²) in [4.78, 5) is 48.6. The summed E-state index contributed by atoms with van der Waals surface area (Å²) in [5, 5.41) is 3.30. The summed E-state index contributed by atoms with van der Waals surface area (Å²) in [7, 11) is 1.05. The molecule has 138 valence electrons. The van der Waals surface area contributed by atoms with Crippen LogP contribution in [0.25, 0.3) is 10.4 Å². The minimum absolute atomic E-state index is 0.804. The van der Waals surface area contributed by atoms with Crippen molar-refractivity contribution < 1.29 is 42.9 Å². The van der Waals surface area contributed by atoms with Crippen molar-refractivity contribution >= 4 is 23.9 Å². The van der Waals surface area contributed by atoms with E-state index in [9.17, 15) is 19.2 Å². The Morgan fingerprint density at radius 1 is 0.920 bits per heavy atom. The lowest BCUT2D eigenvalue weighted by Gasteiger charge is -2.42. The number of nitrogens with zero attached hydrogens (tertiary/aromatic N) is 3. The molecule has 0 saturated carbocycles. The second kappa shape index (κ2) is 8.85. The second-order valence-corrected chi connectivity index (χ2v) is 4.90. The lowest BCUT2D eigenvalue weighted by Crippen LogP contribution is -2.62. The number of methoxy groups -OCH3 is 1. The van der Waals surface area contributed by atoms with Gasteiger partial charge in [0.2, 0.25) is 0 Å². The van der Waals surface area contributed by atoms with Crippen LogP contribution in [-0.4, -0.2) is 61.6 Å². The molecule has 0 spiro atoms. The van der Waals surface area contributed by atoms with Gasteiger partial charge in [-0.25, -0.2) is 4.79 Å². The van der Waals surface area contributed by atoms with Gasteiger partial charge in [0.1, 0.15) is 0 Å². The van der Waals surface area contributed by atoms with Crippen LogP contribution >= 0.6 is 0 Å². The normalized spacial score (nSPS) is 28.1. The second-order valence-electron chi connectivity index (χ2n) is 4.90. The van der Waals surface area contributed by atoms with Crippen molar-refractivity contribution in [1.29, 1.82) is 0 Å². The SMILES string of the molecule is COC(=O)C1O[C@@H](N=[N+]=[N-])C(OC(C)=O)[C@H](OC(C)=O)[C@@H]1OC(C)=O. The monoisotopic (exact) mass is 359 g/mol. The van der Waals surface area contributed by atoms with Gasteiger partial charge in [-0.1, -0.05) is 5.11 Å². The van der Waals surface area contributed by atoms with E-state index in [1.165, 1.54) is 0 Å². The first-order chi connectivity index (χ1) is 11.7. The Morgan fingerprint density at radius 2 is 1.40 bits per heavy atom. The molecule has 0 aromatic heterocycles. The summed E-state index contributed by atoms with van der Waals surface area (Å²) in [5.74, 6) is -3.40. The molecule has 25 heavy (non-hydrogen) atoms. The van der Waals surface area contributed by atoms with Gasteiger partial charge < -0.3 is 23.7 Å². The highest BCUT2D eigenvalue weighted by molar-refractivity contribution is 5.77. The lowest BCUT2D eigenvalue weighted by molar-refractivity contribution is -0.247. The van der Waals surface area contributed by atoms with E-state index in [1.54, 1.807) is 0 Å². The molecule has 5 atom stereocenters. The standard InChI is InChI=1S/C13H17N3O9/c1-5(17)22-8-9(23-6(2)18)11(13(20)21-4)25-12(15-16-14)10(8)24-7(3)19/h8-12H,1-4H3/t8-,9+,10?,11?,12-/m1/s1. The summed E-state index contributed by atoms with van der Waals surface area (Å²) in [6.07, 6.45) is -7.47. The first-order valence-electron chi connectivity index (χ1n) is 7.00. The van der Waals surface area contributed by atoms with E-state index in [-0.39, 0.29) is 0 Å². The van der Waals surface area contributed by atoms with Crippen LogP contribution in [-0.2, 0) is 42.9 Å². The number of rotatable bonds is 5. The smallest absolute Gasteiger partial charge is 0.339 e. The largest absolute Gasteiger partial charge is 0.467 e. The maximum Gasteiger partial charge on any atom is 0.339 e. The van der Waals surface area contributed by atoms with Gasteiger partial charge in [-0.05, 0) is 5.53 Å². The number of hydrogen-bond donors (Lipinski definition) is 0. The van der Waals surface area contributed by atoms with Gasteiger partial charge in [0, 0.05) is 25.7 Å². The van der Waals surface area contributed by atoms with Crippen LogP contribution in [0.2, 0.25) is 0 Å². The molecule has 0 amide bonds.